The van der Waals surface area contributed by atoms with E-state index in [0.29, 0.717) is 38.3 Å². The maximum absolute atomic E-state index is 12.5. The molecule has 0 fully saturated rings. The van der Waals surface area contributed by atoms with Gasteiger partial charge >= 0.3 is 0 Å². The third kappa shape index (κ3) is 7.03. The number of thiocarbonyl (C=S) groups is 1. The predicted molar refractivity (Wildman–Crippen MR) is 170 cm³/mol. The van der Waals surface area contributed by atoms with Crippen LogP contribution in [0.25, 0.3) is 34.1 Å². The van der Waals surface area contributed by atoms with E-state index in [0.717, 1.165) is 36.1 Å². The largest absolute Gasteiger partial charge is 0.457 e. The Labute approximate surface area is 253 Å². The second-order valence-corrected chi connectivity index (χ2v) is 10.7. The molecule has 2 N–H and O–H groups in total. The molecule has 0 aliphatic rings. The SMILES string of the molecule is CCCCc1ccc(-n2nc3cc(Cl)c(NC(=S)NC(=O)/C=C/c4ccc(-c5ccc(C)c(Cl)c5)o4)cc3n2)cc1. The van der Waals surface area contributed by atoms with E-state index in [1.54, 1.807) is 29.1 Å². The van der Waals surface area contributed by atoms with Crippen LogP contribution in [-0.4, -0.2) is 26.0 Å². The normalized spacial score (nSPS) is 11.3. The summed E-state index contributed by atoms with van der Waals surface area (Å²) >= 11 is 18.0. The minimum absolute atomic E-state index is 0.0883. The number of hydrogen-bond acceptors (Lipinski definition) is 5. The number of benzene rings is 3. The van der Waals surface area contributed by atoms with Crippen LogP contribution < -0.4 is 10.6 Å². The van der Waals surface area contributed by atoms with Gasteiger partial charge in [0.25, 0.3) is 0 Å². The van der Waals surface area contributed by atoms with E-state index >= 15 is 0 Å². The van der Waals surface area contributed by atoms with Crippen molar-refractivity contribution in [1.82, 2.24) is 20.3 Å². The Morgan fingerprint density at radius 2 is 1.76 bits per heavy atom. The number of unbranched alkanes of at least 4 members (excludes halogenated alkanes) is 1. The van der Waals surface area contributed by atoms with Crippen molar-refractivity contribution < 1.29 is 9.21 Å². The number of fused-ring (bicyclic) bond motifs is 1. The molecule has 0 unspecified atom stereocenters. The number of carbonyl (C=O) groups is 1. The molecule has 41 heavy (non-hydrogen) atoms. The monoisotopic (exact) mass is 603 g/mol. The number of halogens is 2. The van der Waals surface area contributed by atoms with Crippen LogP contribution in [-0.2, 0) is 11.2 Å². The molecule has 2 heterocycles. The lowest BCUT2D eigenvalue weighted by Gasteiger charge is -2.09. The third-order valence-corrected chi connectivity index (χ3v) is 7.35. The van der Waals surface area contributed by atoms with E-state index in [4.69, 9.17) is 39.8 Å². The molecule has 0 atom stereocenters. The highest BCUT2D eigenvalue weighted by molar-refractivity contribution is 7.80. The fourth-order valence-electron chi connectivity index (χ4n) is 4.13. The zero-order chi connectivity index (χ0) is 28.9. The lowest BCUT2D eigenvalue weighted by atomic mass is 10.1. The van der Waals surface area contributed by atoms with Gasteiger partial charge < -0.3 is 9.73 Å². The Hall–Kier alpha value is -3.98. The molecule has 5 aromatic rings. The van der Waals surface area contributed by atoms with Crippen molar-refractivity contribution in [2.75, 3.05) is 5.32 Å². The Bertz CT molecular complexity index is 1760. The number of nitrogens with zero attached hydrogens (tertiary/aromatic N) is 3. The standard InChI is InChI=1S/C31H27Cl2N5O2S/c1-3-4-5-20-7-10-22(11-8-20)38-36-27-17-25(33)26(18-28(27)37-38)34-31(41)35-30(39)15-13-23-12-14-29(40-23)21-9-6-19(2)24(32)16-21/h6-18H,3-5H2,1-2H3,(H2,34,35,39,41)/b15-13+. The van der Waals surface area contributed by atoms with Gasteiger partial charge in [0.1, 0.15) is 22.6 Å². The van der Waals surface area contributed by atoms with Gasteiger partial charge in [0.05, 0.1) is 16.4 Å². The lowest BCUT2D eigenvalue weighted by molar-refractivity contribution is -0.115. The lowest BCUT2D eigenvalue weighted by Crippen LogP contribution is -2.32. The maximum Gasteiger partial charge on any atom is 0.250 e. The number of aryl methyl sites for hydroxylation is 2. The van der Waals surface area contributed by atoms with Crippen LogP contribution in [0.4, 0.5) is 5.69 Å². The Kier molecular flexibility index (Phi) is 8.83. The molecular weight excluding hydrogens is 577 g/mol. The molecule has 0 radical (unpaired) electrons. The summed E-state index contributed by atoms with van der Waals surface area (Å²) in [5.41, 5.74) is 5.75. The molecule has 7 nitrogen and oxygen atoms in total. The summed E-state index contributed by atoms with van der Waals surface area (Å²) in [4.78, 5) is 14.0. The maximum atomic E-state index is 12.5. The molecule has 0 saturated heterocycles. The van der Waals surface area contributed by atoms with Gasteiger partial charge in [-0.25, -0.2) is 0 Å². The van der Waals surface area contributed by atoms with Crippen molar-refractivity contribution >= 4 is 69.2 Å². The highest BCUT2D eigenvalue weighted by atomic mass is 35.5. The van der Waals surface area contributed by atoms with Crippen LogP contribution in [0.1, 0.15) is 36.7 Å². The number of carbonyl (C=O) groups excluding carboxylic acids is 1. The molecule has 0 saturated carbocycles. The molecule has 3 aromatic carbocycles. The van der Waals surface area contributed by atoms with Gasteiger partial charge in [0.15, 0.2) is 5.11 Å². The molecule has 2 aromatic heterocycles. The Morgan fingerprint density at radius 1 is 1.00 bits per heavy atom. The number of aromatic nitrogens is 3. The first kappa shape index (κ1) is 28.5. The van der Waals surface area contributed by atoms with Crippen LogP contribution in [0, 0.1) is 6.92 Å². The zero-order valence-corrected chi connectivity index (χ0v) is 24.8. The van der Waals surface area contributed by atoms with Crippen LogP contribution >= 0.6 is 35.4 Å². The summed E-state index contributed by atoms with van der Waals surface area (Å²) in [7, 11) is 0. The van der Waals surface area contributed by atoms with Crippen molar-refractivity contribution in [2.24, 2.45) is 0 Å². The molecule has 1 amide bonds. The van der Waals surface area contributed by atoms with Crippen molar-refractivity contribution in [3.63, 3.8) is 0 Å². The summed E-state index contributed by atoms with van der Waals surface area (Å²) in [5.74, 6) is 0.734. The first-order chi connectivity index (χ1) is 19.8. The molecule has 10 heteroatoms. The van der Waals surface area contributed by atoms with E-state index in [-0.39, 0.29) is 5.11 Å². The quantitative estimate of drug-likeness (QED) is 0.137. The molecule has 208 valence electrons. The van der Waals surface area contributed by atoms with Crippen LogP contribution in [0.2, 0.25) is 10.0 Å². The number of amides is 1. The molecular formula is C31H27Cl2N5O2S. The van der Waals surface area contributed by atoms with Crippen molar-refractivity contribution in [3.8, 4) is 17.0 Å². The first-order valence-electron chi connectivity index (χ1n) is 13.1. The van der Waals surface area contributed by atoms with E-state index in [1.165, 1.54) is 11.6 Å². The van der Waals surface area contributed by atoms with Crippen molar-refractivity contribution in [1.29, 1.82) is 0 Å². The van der Waals surface area contributed by atoms with E-state index < -0.39 is 5.91 Å². The number of furan rings is 1. The molecule has 0 aliphatic heterocycles. The topological polar surface area (TPSA) is 85.0 Å². The predicted octanol–water partition coefficient (Wildman–Crippen LogP) is 8.16. The summed E-state index contributed by atoms with van der Waals surface area (Å²) in [6, 6.07) is 20.9. The van der Waals surface area contributed by atoms with Gasteiger partial charge in [0, 0.05) is 16.7 Å². The van der Waals surface area contributed by atoms with Crippen molar-refractivity contribution in [3.05, 3.63) is 99.7 Å². The van der Waals surface area contributed by atoms with E-state index in [9.17, 15) is 4.79 Å². The zero-order valence-electron chi connectivity index (χ0n) is 22.4. The first-order valence-corrected chi connectivity index (χ1v) is 14.3. The summed E-state index contributed by atoms with van der Waals surface area (Å²) in [5, 5.41) is 15.9. The minimum Gasteiger partial charge on any atom is -0.457 e. The van der Waals surface area contributed by atoms with E-state index in [2.05, 4.69) is 39.9 Å². The molecule has 0 bridgehead atoms. The average Bonchev–Trinajstić information content (AvgIpc) is 3.60. The molecule has 5 rings (SSSR count). The molecule has 0 aliphatic carbocycles. The van der Waals surface area contributed by atoms with Gasteiger partial charge in [-0.1, -0.05) is 60.8 Å². The van der Waals surface area contributed by atoms with Gasteiger partial charge in [-0.15, -0.1) is 10.2 Å². The molecule has 0 spiro atoms. The number of nitrogens with one attached hydrogen (secondary N) is 2. The van der Waals surface area contributed by atoms with Crippen molar-refractivity contribution in [2.45, 2.75) is 33.1 Å². The van der Waals surface area contributed by atoms with E-state index in [1.807, 2.05) is 43.3 Å². The van der Waals surface area contributed by atoms with Crippen LogP contribution in [0.5, 0.6) is 0 Å². The van der Waals surface area contributed by atoms with Gasteiger partial charge in [-0.05, 0) is 91.7 Å². The highest BCUT2D eigenvalue weighted by Crippen LogP contribution is 2.28. The van der Waals surface area contributed by atoms with Crippen LogP contribution in [0.15, 0.2) is 77.2 Å². The fraction of sp³-hybridized carbons (Fsp3) is 0.161. The van der Waals surface area contributed by atoms with Gasteiger partial charge in [-0.2, -0.15) is 4.80 Å². The highest BCUT2D eigenvalue weighted by Gasteiger charge is 2.12. The number of hydrogen-bond donors (Lipinski definition) is 2. The third-order valence-electron chi connectivity index (χ3n) is 6.42. The van der Waals surface area contributed by atoms with Crippen LogP contribution in [0.3, 0.4) is 0 Å². The minimum atomic E-state index is -0.427. The second kappa shape index (κ2) is 12.7. The smallest absolute Gasteiger partial charge is 0.250 e. The number of anilines is 1. The summed E-state index contributed by atoms with van der Waals surface area (Å²) in [6.45, 7) is 4.12. The average molecular weight is 605 g/mol. The Morgan fingerprint density at radius 3 is 2.49 bits per heavy atom. The summed E-state index contributed by atoms with van der Waals surface area (Å²) < 4.78 is 5.82. The van der Waals surface area contributed by atoms with Gasteiger partial charge in [-0.3, -0.25) is 10.1 Å². The number of rotatable bonds is 8. The Balaban J connectivity index is 1.21. The van der Waals surface area contributed by atoms with Gasteiger partial charge in [0.2, 0.25) is 5.91 Å². The summed E-state index contributed by atoms with van der Waals surface area (Å²) in [6.07, 6.45) is 6.26. The second-order valence-electron chi connectivity index (χ2n) is 9.52. The fourth-order valence-corrected chi connectivity index (χ4v) is 4.73.